The van der Waals surface area contributed by atoms with Crippen molar-refractivity contribution in [3.63, 3.8) is 0 Å². The van der Waals surface area contributed by atoms with Gasteiger partial charge >= 0.3 is 11.9 Å². The Balaban J connectivity index is 1.84. The first-order valence-electron chi connectivity index (χ1n) is 8.86. The van der Waals surface area contributed by atoms with Gasteiger partial charge in [0.15, 0.2) is 11.5 Å². The van der Waals surface area contributed by atoms with Crippen LogP contribution in [0.1, 0.15) is 26.3 Å². The largest absolute Gasteiger partial charge is 0.421 e. The third-order valence-electron chi connectivity index (χ3n) is 4.19. The summed E-state index contributed by atoms with van der Waals surface area (Å²) in [6.45, 7) is 0. The number of hydrogen-bond donors (Lipinski definition) is 3. The van der Waals surface area contributed by atoms with Crippen molar-refractivity contribution in [2.24, 2.45) is 0 Å². The molecule has 0 aliphatic carbocycles. The number of benzene rings is 3. The smallest absolute Gasteiger partial charge is 0.343 e. The van der Waals surface area contributed by atoms with Crippen LogP contribution in [-0.2, 0) is 6.42 Å². The van der Waals surface area contributed by atoms with Crippen molar-refractivity contribution in [2.45, 2.75) is 6.42 Å². The van der Waals surface area contributed by atoms with Gasteiger partial charge in [-0.2, -0.15) is 12.6 Å². The molecule has 0 aliphatic heterocycles. The number of rotatable bonds is 6. The third-order valence-corrected chi connectivity index (χ3v) is 4.41. The van der Waals surface area contributed by atoms with E-state index in [-0.39, 0.29) is 11.5 Å². The van der Waals surface area contributed by atoms with Gasteiger partial charge in [0.2, 0.25) is 0 Å². The van der Waals surface area contributed by atoms with Gasteiger partial charge in [-0.05, 0) is 60.2 Å². The molecule has 0 aromatic heterocycles. The number of nitrogens with two attached hydrogens (primary N) is 2. The highest BCUT2D eigenvalue weighted by atomic mass is 32.1. The van der Waals surface area contributed by atoms with Gasteiger partial charge in [0.05, 0.1) is 22.5 Å². The molecule has 0 saturated carbocycles. The molecule has 7 heteroatoms. The van der Waals surface area contributed by atoms with E-state index in [1.165, 1.54) is 12.1 Å². The lowest BCUT2D eigenvalue weighted by Crippen LogP contribution is -2.15. The molecule has 0 fully saturated rings. The van der Waals surface area contributed by atoms with E-state index < -0.39 is 11.9 Å². The van der Waals surface area contributed by atoms with Crippen LogP contribution >= 0.6 is 12.6 Å². The van der Waals surface area contributed by atoms with E-state index >= 15 is 0 Å². The number of esters is 2. The molecule has 0 spiro atoms. The Bertz CT molecular complexity index is 1050. The highest BCUT2D eigenvalue weighted by molar-refractivity contribution is 7.80. The van der Waals surface area contributed by atoms with Gasteiger partial charge in [0.1, 0.15) is 0 Å². The molecule has 0 heterocycles. The molecule has 29 heavy (non-hydrogen) atoms. The zero-order valence-corrected chi connectivity index (χ0v) is 16.4. The molecule has 0 saturated heterocycles. The molecule has 3 aromatic rings. The van der Waals surface area contributed by atoms with Crippen LogP contribution in [-0.4, -0.2) is 17.7 Å². The van der Waals surface area contributed by atoms with E-state index in [1.807, 2.05) is 0 Å². The monoisotopic (exact) mass is 408 g/mol. The predicted molar refractivity (Wildman–Crippen MR) is 116 cm³/mol. The fourth-order valence-corrected chi connectivity index (χ4v) is 2.95. The second kappa shape index (κ2) is 9.16. The van der Waals surface area contributed by atoms with Crippen molar-refractivity contribution in [3.05, 3.63) is 83.4 Å². The molecule has 3 aromatic carbocycles. The van der Waals surface area contributed by atoms with Crippen LogP contribution in [0.5, 0.6) is 11.5 Å². The molecule has 3 rings (SSSR count). The van der Waals surface area contributed by atoms with Gasteiger partial charge in [-0.25, -0.2) is 9.59 Å². The Morgan fingerprint density at radius 2 is 1.34 bits per heavy atom. The van der Waals surface area contributed by atoms with Crippen LogP contribution in [0.25, 0.3) is 0 Å². The van der Waals surface area contributed by atoms with E-state index in [1.54, 1.807) is 54.6 Å². The van der Waals surface area contributed by atoms with Crippen molar-refractivity contribution >= 4 is 35.9 Å². The molecule has 0 bridgehead atoms. The highest BCUT2D eigenvalue weighted by Crippen LogP contribution is 2.24. The van der Waals surface area contributed by atoms with E-state index in [4.69, 9.17) is 20.9 Å². The summed E-state index contributed by atoms with van der Waals surface area (Å²) in [5.41, 5.74) is 13.6. The number of ether oxygens (including phenoxy) is 2. The summed E-state index contributed by atoms with van der Waals surface area (Å²) in [6, 6.07) is 18.1. The van der Waals surface area contributed by atoms with Crippen LogP contribution in [0.3, 0.4) is 0 Å². The van der Waals surface area contributed by atoms with Crippen molar-refractivity contribution < 1.29 is 19.1 Å². The standard InChI is InChI=1S/C22H20N2O4S/c23-17-5-1-3-7-19(17)27-21(25)15-9-10-16(14(13-15)11-12-29)22(26)28-20-8-4-2-6-18(20)24/h1-10,13,29H,11-12,23-24H2. The average Bonchev–Trinajstić information content (AvgIpc) is 2.71. The van der Waals surface area contributed by atoms with E-state index in [9.17, 15) is 9.59 Å². The third kappa shape index (κ3) is 4.89. The lowest BCUT2D eigenvalue weighted by Gasteiger charge is -2.12. The second-order valence-corrected chi connectivity index (χ2v) is 6.65. The van der Waals surface area contributed by atoms with Crippen molar-refractivity contribution in [1.82, 2.24) is 0 Å². The summed E-state index contributed by atoms with van der Waals surface area (Å²) < 4.78 is 10.8. The Kier molecular flexibility index (Phi) is 6.41. The summed E-state index contributed by atoms with van der Waals surface area (Å²) in [5.74, 6) is -0.103. The van der Waals surface area contributed by atoms with Crippen molar-refractivity contribution in [2.75, 3.05) is 17.2 Å². The van der Waals surface area contributed by atoms with E-state index in [2.05, 4.69) is 12.6 Å². The number of carbonyl (C=O) groups is 2. The zero-order valence-electron chi connectivity index (χ0n) is 15.5. The Hall–Kier alpha value is -3.45. The van der Waals surface area contributed by atoms with Gasteiger partial charge in [-0.15, -0.1) is 0 Å². The average molecular weight is 408 g/mol. The number of hydrogen-bond acceptors (Lipinski definition) is 7. The number of nitrogen functional groups attached to an aromatic ring is 2. The minimum Gasteiger partial charge on any atom is -0.421 e. The Morgan fingerprint density at radius 3 is 1.90 bits per heavy atom. The van der Waals surface area contributed by atoms with Crippen LogP contribution in [0, 0.1) is 0 Å². The summed E-state index contributed by atoms with van der Waals surface area (Å²) in [4.78, 5) is 25.2. The number of thiol groups is 1. The maximum atomic E-state index is 12.6. The summed E-state index contributed by atoms with van der Waals surface area (Å²) >= 11 is 4.24. The van der Waals surface area contributed by atoms with E-state index in [0.717, 1.165) is 0 Å². The van der Waals surface area contributed by atoms with Gasteiger partial charge in [-0.3, -0.25) is 0 Å². The summed E-state index contributed by atoms with van der Waals surface area (Å²) in [7, 11) is 0. The fourth-order valence-electron chi connectivity index (χ4n) is 2.71. The first-order chi connectivity index (χ1) is 14.0. The minimum absolute atomic E-state index is 0.274. The Labute approximate surface area is 173 Å². The molecule has 0 aliphatic rings. The number of para-hydroxylation sites is 4. The normalized spacial score (nSPS) is 10.4. The number of anilines is 2. The van der Waals surface area contributed by atoms with Crippen LogP contribution in [0.2, 0.25) is 0 Å². The fraction of sp³-hybridized carbons (Fsp3) is 0.0909. The molecular formula is C22H20N2O4S. The molecule has 4 N–H and O–H groups in total. The molecule has 148 valence electrons. The van der Waals surface area contributed by atoms with Gasteiger partial charge in [-0.1, -0.05) is 24.3 Å². The van der Waals surface area contributed by atoms with Crippen LogP contribution in [0.4, 0.5) is 11.4 Å². The van der Waals surface area contributed by atoms with E-state index in [0.29, 0.717) is 40.2 Å². The number of aryl methyl sites for hydroxylation is 1. The zero-order chi connectivity index (χ0) is 20.8. The van der Waals surface area contributed by atoms with Gasteiger partial charge in [0.25, 0.3) is 0 Å². The topological polar surface area (TPSA) is 105 Å². The highest BCUT2D eigenvalue weighted by Gasteiger charge is 2.18. The van der Waals surface area contributed by atoms with Gasteiger partial charge in [0, 0.05) is 0 Å². The van der Waals surface area contributed by atoms with Gasteiger partial charge < -0.3 is 20.9 Å². The Morgan fingerprint density at radius 1 is 0.793 bits per heavy atom. The lowest BCUT2D eigenvalue weighted by atomic mass is 10.0. The predicted octanol–water partition coefficient (Wildman–Crippen LogP) is 3.76. The summed E-state index contributed by atoms with van der Waals surface area (Å²) in [5, 5.41) is 0. The second-order valence-electron chi connectivity index (χ2n) is 6.20. The van der Waals surface area contributed by atoms with Crippen molar-refractivity contribution in [1.29, 1.82) is 0 Å². The number of carbonyl (C=O) groups excluding carboxylic acids is 2. The molecule has 0 radical (unpaired) electrons. The molecule has 0 atom stereocenters. The summed E-state index contributed by atoms with van der Waals surface area (Å²) in [6.07, 6.45) is 0.465. The van der Waals surface area contributed by atoms with Crippen LogP contribution < -0.4 is 20.9 Å². The first kappa shape index (κ1) is 20.3. The maximum absolute atomic E-state index is 12.6. The molecular weight excluding hydrogens is 388 g/mol. The molecule has 6 nitrogen and oxygen atoms in total. The van der Waals surface area contributed by atoms with Crippen LogP contribution in [0.15, 0.2) is 66.7 Å². The SMILES string of the molecule is Nc1ccccc1OC(=O)c1ccc(C(=O)Oc2ccccc2N)c(CCS)c1. The molecule has 0 unspecified atom stereocenters. The molecule has 0 amide bonds. The maximum Gasteiger partial charge on any atom is 0.343 e. The lowest BCUT2D eigenvalue weighted by molar-refractivity contribution is 0.0720. The first-order valence-corrected chi connectivity index (χ1v) is 9.50. The quantitative estimate of drug-likeness (QED) is 0.248. The van der Waals surface area contributed by atoms with Crippen molar-refractivity contribution in [3.8, 4) is 11.5 Å². The minimum atomic E-state index is -0.574.